The lowest BCUT2D eigenvalue weighted by Gasteiger charge is -2.14. The highest BCUT2D eigenvalue weighted by Crippen LogP contribution is 2.22. The Hall–Kier alpha value is -2.01. The SMILES string of the molecule is CC(C)n1cc(C(Nc2cccc(Cl)c2)C(=O)O)cn1. The van der Waals surface area contributed by atoms with Crippen molar-refractivity contribution in [3.8, 4) is 0 Å². The number of aliphatic carboxylic acids is 1. The fraction of sp³-hybridized carbons (Fsp3) is 0.286. The maximum absolute atomic E-state index is 11.4. The van der Waals surface area contributed by atoms with E-state index in [1.54, 1.807) is 41.3 Å². The van der Waals surface area contributed by atoms with Gasteiger partial charge in [0, 0.05) is 28.5 Å². The normalized spacial score (nSPS) is 12.4. The van der Waals surface area contributed by atoms with Crippen LogP contribution in [0.5, 0.6) is 0 Å². The fourth-order valence-corrected chi connectivity index (χ4v) is 2.01. The molecule has 1 atom stereocenters. The second kappa shape index (κ2) is 5.96. The molecule has 1 heterocycles. The lowest BCUT2D eigenvalue weighted by Crippen LogP contribution is -2.20. The van der Waals surface area contributed by atoms with Gasteiger partial charge in [-0.25, -0.2) is 4.79 Å². The Kier molecular flexibility index (Phi) is 4.29. The molecule has 0 fully saturated rings. The van der Waals surface area contributed by atoms with Crippen molar-refractivity contribution in [1.82, 2.24) is 9.78 Å². The van der Waals surface area contributed by atoms with E-state index in [1.165, 1.54) is 0 Å². The first-order valence-corrected chi connectivity index (χ1v) is 6.64. The Balaban J connectivity index is 2.24. The van der Waals surface area contributed by atoms with Gasteiger partial charge in [0.1, 0.15) is 0 Å². The van der Waals surface area contributed by atoms with E-state index in [-0.39, 0.29) is 6.04 Å². The maximum Gasteiger partial charge on any atom is 0.330 e. The molecule has 2 rings (SSSR count). The summed E-state index contributed by atoms with van der Waals surface area (Å²) in [5.74, 6) is -0.965. The van der Waals surface area contributed by atoms with Crippen LogP contribution in [0.3, 0.4) is 0 Å². The lowest BCUT2D eigenvalue weighted by molar-refractivity contribution is -0.138. The number of carboxylic acid groups (broad SMARTS) is 1. The van der Waals surface area contributed by atoms with Crippen molar-refractivity contribution >= 4 is 23.3 Å². The van der Waals surface area contributed by atoms with Crippen molar-refractivity contribution in [2.24, 2.45) is 0 Å². The van der Waals surface area contributed by atoms with E-state index in [0.29, 0.717) is 16.3 Å². The van der Waals surface area contributed by atoms with Crippen LogP contribution in [0.4, 0.5) is 5.69 Å². The number of hydrogen-bond acceptors (Lipinski definition) is 3. The predicted octanol–water partition coefficient (Wildman–Crippen LogP) is 3.36. The minimum absolute atomic E-state index is 0.185. The monoisotopic (exact) mass is 293 g/mol. The number of hydrogen-bond donors (Lipinski definition) is 2. The van der Waals surface area contributed by atoms with Gasteiger partial charge in [0.15, 0.2) is 6.04 Å². The Morgan fingerprint density at radius 3 is 2.75 bits per heavy atom. The first-order chi connectivity index (χ1) is 9.47. The third-order valence-electron chi connectivity index (χ3n) is 2.87. The van der Waals surface area contributed by atoms with Gasteiger partial charge in [0.05, 0.1) is 6.20 Å². The van der Waals surface area contributed by atoms with E-state index in [0.717, 1.165) is 0 Å². The quantitative estimate of drug-likeness (QED) is 0.887. The number of carbonyl (C=O) groups is 1. The highest BCUT2D eigenvalue weighted by Gasteiger charge is 2.21. The molecular weight excluding hydrogens is 278 g/mol. The molecule has 0 aliphatic carbocycles. The van der Waals surface area contributed by atoms with E-state index in [9.17, 15) is 9.90 Å². The average molecular weight is 294 g/mol. The molecule has 0 amide bonds. The summed E-state index contributed by atoms with van der Waals surface area (Å²) < 4.78 is 1.73. The van der Waals surface area contributed by atoms with Crippen molar-refractivity contribution in [3.05, 3.63) is 47.2 Å². The zero-order valence-electron chi connectivity index (χ0n) is 11.2. The first kappa shape index (κ1) is 14.4. The van der Waals surface area contributed by atoms with E-state index in [1.807, 2.05) is 13.8 Å². The highest BCUT2D eigenvalue weighted by molar-refractivity contribution is 6.30. The molecule has 20 heavy (non-hydrogen) atoms. The van der Waals surface area contributed by atoms with E-state index in [2.05, 4.69) is 10.4 Å². The summed E-state index contributed by atoms with van der Waals surface area (Å²) in [6, 6.07) is 6.28. The number of halogens is 1. The van der Waals surface area contributed by atoms with Crippen LogP contribution in [0, 0.1) is 0 Å². The van der Waals surface area contributed by atoms with Crippen LogP contribution in [0.25, 0.3) is 0 Å². The molecular formula is C14H16ClN3O2. The summed E-state index contributed by atoms with van der Waals surface area (Å²) in [5.41, 5.74) is 1.26. The van der Waals surface area contributed by atoms with Crippen molar-refractivity contribution < 1.29 is 9.90 Å². The zero-order chi connectivity index (χ0) is 14.7. The largest absolute Gasteiger partial charge is 0.479 e. The molecule has 2 N–H and O–H groups in total. The Morgan fingerprint density at radius 1 is 1.45 bits per heavy atom. The van der Waals surface area contributed by atoms with Gasteiger partial charge in [-0.05, 0) is 32.0 Å². The number of carboxylic acids is 1. The summed E-state index contributed by atoms with van der Waals surface area (Å²) >= 11 is 5.90. The van der Waals surface area contributed by atoms with Gasteiger partial charge in [0.25, 0.3) is 0 Å². The summed E-state index contributed by atoms with van der Waals surface area (Å²) in [5, 5.41) is 17.0. The van der Waals surface area contributed by atoms with Gasteiger partial charge in [-0.2, -0.15) is 5.10 Å². The van der Waals surface area contributed by atoms with Gasteiger partial charge >= 0.3 is 5.97 Å². The minimum atomic E-state index is -0.965. The third-order valence-corrected chi connectivity index (χ3v) is 3.10. The van der Waals surface area contributed by atoms with Crippen LogP contribution in [-0.2, 0) is 4.79 Å². The molecule has 0 radical (unpaired) electrons. The Labute approximate surface area is 122 Å². The molecule has 2 aromatic rings. The molecule has 1 unspecified atom stereocenters. The second-order valence-corrected chi connectivity index (χ2v) is 5.21. The molecule has 0 spiro atoms. The molecule has 0 aliphatic rings. The number of anilines is 1. The second-order valence-electron chi connectivity index (χ2n) is 4.77. The molecule has 0 aliphatic heterocycles. The Morgan fingerprint density at radius 2 is 2.20 bits per heavy atom. The number of rotatable bonds is 5. The molecule has 0 saturated carbocycles. The van der Waals surface area contributed by atoms with Crippen LogP contribution in [0.1, 0.15) is 31.5 Å². The van der Waals surface area contributed by atoms with Gasteiger partial charge < -0.3 is 10.4 Å². The van der Waals surface area contributed by atoms with Crippen LogP contribution >= 0.6 is 11.6 Å². The standard InChI is InChI=1S/C14H16ClN3O2/c1-9(2)18-8-10(7-16-18)13(14(19)20)17-12-5-3-4-11(15)6-12/h3-9,13,17H,1-2H3,(H,19,20). The van der Waals surface area contributed by atoms with Crippen molar-refractivity contribution in [2.45, 2.75) is 25.9 Å². The summed E-state index contributed by atoms with van der Waals surface area (Å²) in [7, 11) is 0. The molecule has 1 aromatic heterocycles. The van der Waals surface area contributed by atoms with Crippen LogP contribution in [0.15, 0.2) is 36.7 Å². The summed E-state index contributed by atoms with van der Waals surface area (Å²) in [4.78, 5) is 11.4. The molecule has 1 aromatic carbocycles. The molecule has 0 saturated heterocycles. The maximum atomic E-state index is 11.4. The number of benzene rings is 1. The number of aromatic nitrogens is 2. The average Bonchev–Trinajstić information content (AvgIpc) is 2.85. The minimum Gasteiger partial charge on any atom is -0.479 e. The summed E-state index contributed by atoms with van der Waals surface area (Å²) in [6.07, 6.45) is 3.30. The zero-order valence-corrected chi connectivity index (χ0v) is 12.0. The van der Waals surface area contributed by atoms with Crippen LogP contribution < -0.4 is 5.32 Å². The predicted molar refractivity (Wildman–Crippen MR) is 78.1 cm³/mol. The lowest BCUT2D eigenvalue weighted by atomic mass is 10.1. The number of nitrogens with one attached hydrogen (secondary N) is 1. The fourth-order valence-electron chi connectivity index (χ4n) is 1.82. The van der Waals surface area contributed by atoms with E-state index in [4.69, 9.17) is 11.6 Å². The van der Waals surface area contributed by atoms with Crippen molar-refractivity contribution in [3.63, 3.8) is 0 Å². The molecule has 6 heteroatoms. The van der Waals surface area contributed by atoms with E-state index >= 15 is 0 Å². The summed E-state index contributed by atoms with van der Waals surface area (Å²) in [6.45, 7) is 3.97. The van der Waals surface area contributed by atoms with Crippen molar-refractivity contribution in [1.29, 1.82) is 0 Å². The molecule has 5 nitrogen and oxygen atoms in total. The topological polar surface area (TPSA) is 67.2 Å². The first-order valence-electron chi connectivity index (χ1n) is 6.26. The molecule has 0 bridgehead atoms. The van der Waals surface area contributed by atoms with Gasteiger partial charge in [-0.1, -0.05) is 17.7 Å². The Bertz CT molecular complexity index is 610. The number of nitrogens with zero attached hydrogens (tertiary/aromatic N) is 2. The third kappa shape index (κ3) is 3.30. The van der Waals surface area contributed by atoms with E-state index < -0.39 is 12.0 Å². The van der Waals surface area contributed by atoms with Crippen LogP contribution in [-0.4, -0.2) is 20.9 Å². The van der Waals surface area contributed by atoms with Crippen LogP contribution in [0.2, 0.25) is 5.02 Å². The van der Waals surface area contributed by atoms with Gasteiger partial charge in [-0.15, -0.1) is 0 Å². The van der Waals surface area contributed by atoms with Gasteiger partial charge in [-0.3, -0.25) is 4.68 Å². The smallest absolute Gasteiger partial charge is 0.330 e. The van der Waals surface area contributed by atoms with Crippen molar-refractivity contribution in [2.75, 3.05) is 5.32 Å². The van der Waals surface area contributed by atoms with Gasteiger partial charge in [0.2, 0.25) is 0 Å². The highest BCUT2D eigenvalue weighted by atomic mass is 35.5. The molecule has 106 valence electrons.